The van der Waals surface area contributed by atoms with Crippen LogP contribution in [0.25, 0.3) is 0 Å². The van der Waals surface area contributed by atoms with Crippen LogP contribution < -0.4 is 4.74 Å². The highest BCUT2D eigenvalue weighted by molar-refractivity contribution is 5.94. The highest BCUT2D eigenvalue weighted by atomic mass is 19.1. The van der Waals surface area contributed by atoms with E-state index in [1.807, 2.05) is 23.1 Å². The third kappa shape index (κ3) is 6.91. The van der Waals surface area contributed by atoms with E-state index in [-0.39, 0.29) is 17.6 Å². The third-order valence-electron chi connectivity index (χ3n) is 6.36. The van der Waals surface area contributed by atoms with Crippen LogP contribution in [0, 0.1) is 11.7 Å². The summed E-state index contributed by atoms with van der Waals surface area (Å²) in [5, 5.41) is 0. The van der Waals surface area contributed by atoms with Crippen LogP contribution in [-0.2, 0) is 13.0 Å². The number of carbonyl (C=O) groups excluding carboxylic acids is 1. The zero-order valence-electron chi connectivity index (χ0n) is 19.8. The fourth-order valence-electron chi connectivity index (χ4n) is 4.45. The van der Waals surface area contributed by atoms with E-state index in [2.05, 4.69) is 48.3 Å². The molecule has 3 aromatic carbocycles. The molecule has 1 aliphatic heterocycles. The van der Waals surface area contributed by atoms with Gasteiger partial charge in [0.1, 0.15) is 11.6 Å². The molecule has 0 saturated carbocycles. The van der Waals surface area contributed by atoms with Crippen LogP contribution in [0.4, 0.5) is 4.39 Å². The molecule has 4 rings (SSSR count). The predicted molar refractivity (Wildman–Crippen MR) is 133 cm³/mol. The Labute approximate surface area is 202 Å². The monoisotopic (exact) mass is 460 g/mol. The Bertz CT molecular complexity index is 1060. The van der Waals surface area contributed by atoms with Gasteiger partial charge in [0.25, 0.3) is 5.91 Å². The van der Waals surface area contributed by atoms with Crippen molar-refractivity contribution < 1.29 is 13.9 Å². The Morgan fingerprint density at radius 3 is 2.59 bits per heavy atom. The first-order valence-corrected chi connectivity index (χ1v) is 12.1. The maximum absolute atomic E-state index is 13.5. The predicted octanol–water partition coefficient (Wildman–Crippen LogP) is 5.43. The molecule has 0 spiro atoms. The average molecular weight is 461 g/mol. The third-order valence-corrected chi connectivity index (χ3v) is 6.36. The summed E-state index contributed by atoms with van der Waals surface area (Å²) in [5.41, 5.74) is 3.02. The van der Waals surface area contributed by atoms with Crippen molar-refractivity contribution in [2.75, 3.05) is 33.3 Å². The lowest BCUT2D eigenvalue weighted by Gasteiger charge is -2.32. The Hall–Kier alpha value is -3.18. The number of amides is 1. The lowest BCUT2D eigenvalue weighted by molar-refractivity contribution is 0.0633. The summed E-state index contributed by atoms with van der Waals surface area (Å²) in [4.78, 5) is 16.9. The molecule has 178 valence electrons. The summed E-state index contributed by atoms with van der Waals surface area (Å²) in [6.07, 6.45) is 3.00. The minimum Gasteiger partial charge on any atom is -0.493 e. The standard InChI is InChI=1S/C29H33FN2O2/c1-31(18-16-23-7-3-2-4-8-23)20-24-12-14-28(15-13-24)34-22-25-9-6-17-32(21-25)29(33)26-10-5-11-27(30)19-26/h2-5,7-8,10-15,19,25H,6,9,16-18,20-22H2,1H3. The van der Waals surface area contributed by atoms with Crippen LogP contribution in [0.15, 0.2) is 78.9 Å². The first kappa shape index (κ1) is 24.0. The van der Waals surface area contributed by atoms with Gasteiger partial charge in [-0.05, 0) is 67.8 Å². The first-order chi connectivity index (χ1) is 16.6. The van der Waals surface area contributed by atoms with E-state index in [1.165, 1.54) is 23.3 Å². The Balaban J connectivity index is 1.22. The molecule has 5 heteroatoms. The van der Waals surface area contributed by atoms with E-state index in [1.54, 1.807) is 12.1 Å². The highest BCUT2D eigenvalue weighted by Gasteiger charge is 2.25. The zero-order chi connectivity index (χ0) is 23.8. The van der Waals surface area contributed by atoms with Crippen molar-refractivity contribution in [1.82, 2.24) is 9.80 Å². The van der Waals surface area contributed by atoms with E-state index in [4.69, 9.17) is 4.74 Å². The minimum atomic E-state index is -0.381. The van der Waals surface area contributed by atoms with Crippen LogP contribution in [0.2, 0.25) is 0 Å². The van der Waals surface area contributed by atoms with Crippen molar-refractivity contribution in [3.8, 4) is 5.75 Å². The summed E-state index contributed by atoms with van der Waals surface area (Å²) in [5.74, 6) is 0.637. The lowest BCUT2D eigenvalue weighted by atomic mass is 9.98. The quantitative estimate of drug-likeness (QED) is 0.427. The number of likely N-dealkylation sites (N-methyl/N-ethyl adjacent to an activating group) is 1. The number of halogens is 1. The summed E-state index contributed by atoms with van der Waals surface area (Å²) in [6, 6.07) is 24.8. The number of nitrogens with zero attached hydrogens (tertiary/aromatic N) is 2. The molecule has 3 aromatic rings. The lowest BCUT2D eigenvalue weighted by Crippen LogP contribution is -2.41. The summed E-state index contributed by atoms with van der Waals surface area (Å²) in [6.45, 7) is 3.82. The number of hydrogen-bond acceptors (Lipinski definition) is 3. The summed E-state index contributed by atoms with van der Waals surface area (Å²) in [7, 11) is 2.15. The van der Waals surface area contributed by atoms with Crippen molar-refractivity contribution >= 4 is 5.91 Å². The van der Waals surface area contributed by atoms with Crippen molar-refractivity contribution in [2.45, 2.75) is 25.8 Å². The second-order valence-corrected chi connectivity index (χ2v) is 9.20. The van der Waals surface area contributed by atoms with Crippen LogP contribution in [0.5, 0.6) is 5.75 Å². The number of benzene rings is 3. The Kier molecular flexibility index (Phi) is 8.31. The average Bonchev–Trinajstić information content (AvgIpc) is 2.87. The molecule has 0 N–H and O–H groups in total. The van der Waals surface area contributed by atoms with Gasteiger partial charge in [-0.1, -0.05) is 48.5 Å². The number of piperidine rings is 1. The second-order valence-electron chi connectivity index (χ2n) is 9.20. The van der Waals surface area contributed by atoms with Gasteiger partial charge in [-0.2, -0.15) is 0 Å². The number of hydrogen-bond donors (Lipinski definition) is 0. The number of likely N-dealkylation sites (tertiary alicyclic amines) is 1. The molecule has 1 atom stereocenters. The van der Waals surface area contributed by atoms with Gasteiger partial charge in [0.05, 0.1) is 6.61 Å². The smallest absolute Gasteiger partial charge is 0.253 e. The first-order valence-electron chi connectivity index (χ1n) is 12.1. The topological polar surface area (TPSA) is 32.8 Å². The molecular weight excluding hydrogens is 427 g/mol. The van der Waals surface area contributed by atoms with Gasteiger partial charge in [0, 0.05) is 37.7 Å². The Morgan fingerprint density at radius 1 is 1.03 bits per heavy atom. The van der Waals surface area contributed by atoms with E-state index in [9.17, 15) is 9.18 Å². The van der Waals surface area contributed by atoms with Gasteiger partial charge in [-0.15, -0.1) is 0 Å². The van der Waals surface area contributed by atoms with E-state index in [0.29, 0.717) is 25.3 Å². The molecule has 4 nitrogen and oxygen atoms in total. The van der Waals surface area contributed by atoms with Gasteiger partial charge in [0.15, 0.2) is 0 Å². The molecule has 1 aliphatic rings. The largest absolute Gasteiger partial charge is 0.493 e. The van der Waals surface area contributed by atoms with Gasteiger partial charge >= 0.3 is 0 Å². The molecule has 1 fully saturated rings. The SMILES string of the molecule is CN(CCc1ccccc1)Cc1ccc(OCC2CCCN(C(=O)c3cccc(F)c3)C2)cc1. The number of ether oxygens (including phenoxy) is 1. The molecule has 0 bridgehead atoms. The van der Waals surface area contributed by atoms with E-state index in [0.717, 1.165) is 38.1 Å². The molecule has 1 unspecified atom stereocenters. The minimum absolute atomic E-state index is 0.107. The molecule has 1 saturated heterocycles. The fraction of sp³-hybridized carbons (Fsp3) is 0.345. The van der Waals surface area contributed by atoms with Gasteiger partial charge in [0.2, 0.25) is 0 Å². The zero-order valence-corrected chi connectivity index (χ0v) is 19.8. The van der Waals surface area contributed by atoms with Crippen molar-refractivity contribution in [3.63, 3.8) is 0 Å². The van der Waals surface area contributed by atoms with Gasteiger partial charge in [-0.25, -0.2) is 4.39 Å². The second kappa shape index (κ2) is 11.8. The van der Waals surface area contributed by atoms with E-state index >= 15 is 0 Å². The van der Waals surface area contributed by atoms with Crippen LogP contribution in [-0.4, -0.2) is 49.0 Å². The number of rotatable bonds is 9. The molecule has 0 aromatic heterocycles. The van der Waals surface area contributed by atoms with Crippen molar-refractivity contribution in [2.24, 2.45) is 5.92 Å². The van der Waals surface area contributed by atoms with Crippen LogP contribution >= 0.6 is 0 Å². The normalized spacial score (nSPS) is 16.0. The van der Waals surface area contributed by atoms with Crippen molar-refractivity contribution in [1.29, 1.82) is 0 Å². The molecular formula is C29H33FN2O2. The van der Waals surface area contributed by atoms with Crippen LogP contribution in [0.3, 0.4) is 0 Å². The molecule has 1 heterocycles. The summed E-state index contributed by atoms with van der Waals surface area (Å²) >= 11 is 0. The van der Waals surface area contributed by atoms with Crippen molar-refractivity contribution in [3.05, 3.63) is 101 Å². The molecule has 0 radical (unpaired) electrons. The maximum atomic E-state index is 13.5. The number of carbonyl (C=O) groups is 1. The van der Waals surface area contributed by atoms with Gasteiger partial charge in [-0.3, -0.25) is 4.79 Å². The molecule has 1 amide bonds. The molecule has 34 heavy (non-hydrogen) atoms. The van der Waals surface area contributed by atoms with Crippen LogP contribution in [0.1, 0.15) is 34.3 Å². The molecule has 0 aliphatic carbocycles. The maximum Gasteiger partial charge on any atom is 0.253 e. The summed E-state index contributed by atoms with van der Waals surface area (Å²) < 4.78 is 19.5. The fourth-order valence-corrected chi connectivity index (χ4v) is 4.45. The van der Waals surface area contributed by atoms with Gasteiger partial charge < -0.3 is 14.5 Å². The van der Waals surface area contributed by atoms with E-state index < -0.39 is 0 Å². The Morgan fingerprint density at radius 2 is 1.82 bits per heavy atom. The highest BCUT2D eigenvalue weighted by Crippen LogP contribution is 2.21.